The summed E-state index contributed by atoms with van der Waals surface area (Å²) in [6, 6.07) is 1.97. The van der Waals surface area contributed by atoms with Crippen LogP contribution in [-0.2, 0) is 6.54 Å². The van der Waals surface area contributed by atoms with Crippen LogP contribution in [0, 0.1) is 6.92 Å². The van der Waals surface area contributed by atoms with Crippen LogP contribution in [0.4, 0.5) is 14.7 Å². The average molecular weight is 472 g/mol. The summed E-state index contributed by atoms with van der Waals surface area (Å²) >= 11 is 0. The zero-order chi connectivity index (χ0) is 24.0. The second-order valence-electron chi connectivity index (χ2n) is 9.13. The average Bonchev–Trinajstić information content (AvgIpc) is 3.35. The Bertz CT molecular complexity index is 1340. The number of aryl methyl sites for hydroxylation is 1. The minimum absolute atomic E-state index is 0.168. The summed E-state index contributed by atoms with van der Waals surface area (Å²) in [6.45, 7) is 3.11. The van der Waals surface area contributed by atoms with Crippen molar-refractivity contribution in [3.63, 3.8) is 0 Å². The molecule has 180 valence electrons. The molecule has 0 atom stereocenters. The maximum Gasteiger partial charge on any atom is 0.256 e. The number of hydrogen-bond acceptors (Lipinski definition) is 7. The van der Waals surface area contributed by atoms with Gasteiger partial charge in [0.15, 0.2) is 5.65 Å². The monoisotopic (exact) mass is 471 g/mol. The van der Waals surface area contributed by atoms with Gasteiger partial charge in [-0.15, -0.1) is 0 Å². The molecule has 4 aromatic heterocycles. The molecule has 5 rings (SSSR count). The smallest absolute Gasteiger partial charge is 0.256 e. The van der Waals surface area contributed by atoms with Crippen LogP contribution in [0.3, 0.4) is 0 Å². The van der Waals surface area contributed by atoms with Gasteiger partial charge in [0.2, 0.25) is 11.8 Å². The van der Waals surface area contributed by atoms with E-state index in [1.54, 1.807) is 32.5 Å². The van der Waals surface area contributed by atoms with Crippen LogP contribution in [0.2, 0.25) is 0 Å². The Balaban J connectivity index is 1.51. The molecule has 0 amide bonds. The number of fused-ring (bicyclic) bond motifs is 2. The van der Waals surface area contributed by atoms with Crippen molar-refractivity contribution >= 4 is 28.1 Å². The molecule has 0 saturated heterocycles. The molecule has 1 saturated carbocycles. The van der Waals surface area contributed by atoms with E-state index in [0.29, 0.717) is 58.3 Å². The van der Waals surface area contributed by atoms with Crippen molar-refractivity contribution in [1.29, 1.82) is 0 Å². The molecular formula is C23H27F2N7O2. The van der Waals surface area contributed by atoms with Gasteiger partial charge < -0.3 is 24.7 Å². The summed E-state index contributed by atoms with van der Waals surface area (Å²) in [5.41, 5.74) is 2.40. The number of methoxy groups -OCH3 is 1. The van der Waals surface area contributed by atoms with Gasteiger partial charge in [-0.2, -0.15) is 9.97 Å². The molecule has 0 unspecified atom stereocenters. The quantitative estimate of drug-likeness (QED) is 0.389. The number of pyridine rings is 1. The van der Waals surface area contributed by atoms with Gasteiger partial charge in [0.05, 0.1) is 30.2 Å². The maximum atomic E-state index is 13.1. The van der Waals surface area contributed by atoms with Gasteiger partial charge in [-0.1, -0.05) is 0 Å². The van der Waals surface area contributed by atoms with E-state index in [1.165, 1.54) is 4.57 Å². The van der Waals surface area contributed by atoms with E-state index in [2.05, 4.69) is 30.2 Å². The zero-order valence-electron chi connectivity index (χ0n) is 19.3. The van der Waals surface area contributed by atoms with E-state index < -0.39 is 18.6 Å². The summed E-state index contributed by atoms with van der Waals surface area (Å²) in [5.74, 6) is 1.33. The highest BCUT2D eigenvalue weighted by Crippen LogP contribution is 2.36. The van der Waals surface area contributed by atoms with Gasteiger partial charge in [0, 0.05) is 29.6 Å². The fourth-order valence-corrected chi connectivity index (χ4v) is 4.64. The summed E-state index contributed by atoms with van der Waals surface area (Å²) in [6.07, 6.45) is 4.02. The Hall–Kier alpha value is -3.34. The maximum absolute atomic E-state index is 13.1. The summed E-state index contributed by atoms with van der Waals surface area (Å²) in [4.78, 5) is 21.1. The van der Waals surface area contributed by atoms with Gasteiger partial charge in [-0.3, -0.25) is 0 Å². The molecule has 0 aliphatic heterocycles. The second kappa shape index (κ2) is 8.46. The number of nitrogens with one attached hydrogen (secondary N) is 2. The van der Waals surface area contributed by atoms with Gasteiger partial charge >= 0.3 is 0 Å². The first kappa shape index (κ1) is 22.5. The lowest BCUT2D eigenvalue weighted by atomic mass is 9.84. The lowest BCUT2D eigenvalue weighted by Gasteiger charge is -2.33. The number of hydrogen-bond donors (Lipinski definition) is 3. The minimum atomic E-state index is -2.50. The number of anilines is 1. The summed E-state index contributed by atoms with van der Waals surface area (Å²) < 4.78 is 33.3. The number of ether oxygens (including phenoxy) is 1. The van der Waals surface area contributed by atoms with E-state index in [-0.39, 0.29) is 6.04 Å². The molecule has 3 N–H and O–H groups in total. The molecule has 1 fully saturated rings. The van der Waals surface area contributed by atoms with Crippen LogP contribution < -0.4 is 10.1 Å². The number of aromatic amines is 1. The first-order chi connectivity index (χ1) is 16.2. The van der Waals surface area contributed by atoms with Crippen molar-refractivity contribution in [2.45, 2.75) is 64.1 Å². The molecule has 4 heterocycles. The predicted molar refractivity (Wildman–Crippen MR) is 124 cm³/mol. The SMILES string of the molecule is COc1nc(N[C@H]2CC[C@](C)(O)CC2)nc2[nH]cc(-c3cnc4nc(C)n(CC(F)F)c4c3)c12. The summed E-state index contributed by atoms with van der Waals surface area (Å²) in [5, 5.41) is 14.2. The molecule has 0 bridgehead atoms. The first-order valence-electron chi connectivity index (χ1n) is 11.3. The lowest BCUT2D eigenvalue weighted by Crippen LogP contribution is -2.36. The largest absolute Gasteiger partial charge is 0.480 e. The van der Waals surface area contributed by atoms with E-state index in [4.69, 9.17) is 4.74 Å². The minimum Gasteiger partial charge on any atom is -0.480 e. The van der Waals surface area contributed by atoms with E-state index >= 15 is 0 Å². The van der Waals surface area contributed by atoms with E-state index in [1.807, 2.05) is 6.92 Å². The van der Waals surface area contributed by atoms with E-state index in [0.717, 1.165) is 18.4 Å². The fraction of sp³-hybridized carbons (Fsp3) is 0.478. The first-order valence-corrected chi connectivity index (χ1v) is 11.3. The number of aromatic nitrogens is 6. The molecule has 9 nitrogen and oxygen atoms in total. The molecule has 34 heavy (non-hydrogen) atoms. The van der Waals surface area contributed by atoms with Crippen LogP contribution in [0.15, 0.2) is 18.5 Å². The number of imidazole rings is 1. The standard InChI is InChI=1S/C23H27F2N7O2/c1-12-28-19-16(32(12)11-17(24)25)8-13(9-26-19)15-10-27-20-18(15)21(34-3)31-22(30-20)29-14-4-6-23(2,33)7-5-14/h8-10,14,17,33H,4-7,11H2,1-3H3,(H2,27,29,30,31)/t14-,23-. The highest BCUT2D eigenvalue weighted by molar-refractivity contribution is 5.98. The Labute approximate surface area is 194 Å². The van der Waals surface area contributed by atoms with Crippen LogP contribution in [-0.4, -0.2) is 59.8 Å². The van der Waals surface area contributed by atoms with Gasteiger partial charge in [0.1, 0.15) is 11.5 Å². The Kier molecular flexibility index (Phi) is 5.59. The van der Waals surface area contributed by atoms with Crippen LogP contribution in [0.25, 0.3) is 33.3 Å². The Morgan fingerprint density at radius 2 is 2.06 bits per heavy atom. The Morgan fingerprint density at radius 3 is 2.76 bits per heavy atom. The van der Waals surface area contributed by atoms with Crippen molar-refractivity contribution in [3.05, 3.63) is 24.3 Å². The van der Waals surface area contributed by atoms with Crippen molar-refractivity contribution < 1.29 is 18.6 Å². The van der Waals surface area contributed by atoms with Crippen LogP contribution in [0.1, 0.15) is 38.4 Å². The number of alkyl halides is 2. The number of rotatable bonds is 6. The zero-order valence-corrected chi connectivity index (χ0v) is 19.3. The van der Waals surface area contributed by atoms with E-state index in [9.17, 15) is 13.9 Å². The lowest BCUT2D eigenvalue weighted by molar-refractivity contribution is 0.0195. The van der Waals surface area contributed by atoms with Gasteiger partial charge in [-0.25, -0.2) is 18.7 Å². The van der Waals surface area contributed by atoms with Crippen molar-refractivity contribution in [3.8, 4) is 17.0 Å². The number of halogens is 2. The number of H-pyrrole nitrogens is 1. The van der Waals surface area contributed by atoms with Crippen LogP contribution >= 0.6 is 0 Å². The van der Waals surface area contributed by atoms with Crippen molar-refractivity contribution in [2.24, 2.45) is 0 Å². The highest BCUT2D eigenvalue weighted by atomic mass is 19.3. The third-order valence-corrected chi connectivity index (χ3v) is 6.52. The van der Waals surface area contributed by atoms with Crippen LogP contribution in [0.5, 0.6) is 5.88 Å². The molecule has 1 aliphatic rings. The summed E-state index contributed by atoms with van der Waals surface area (Å²) in [7, 11) is 1.54. The molecule has 0 aromatic carbocycles. The van der Waals surface area contributed by atoms with Crippen molar-refractivity contribution in [2.75, 3.05) is 12.4 Å². The third-order valence-electron chi connectivity index (χ3n) is 6.52. The molecule has 11 heteroatoms. The number of aliphatic hydroxyl groups is 1. The fourth-order valence-electron chi connectivity index (χ4n) is 4.64. The molecule has 1 aliphatic carbocycles. The molecule has 0 spiro atoms. The van der Waals surface area contributed by atoms with Gasteiger partial charge in [-0.05, 0) is 45.6 Å². The highest BCUT2D eigenvalue weighted by Gasteiger charge is 2.29. The second-order valence-corrected chi connectivity index (χ2v) is 9.13. The van der Waals surface area contributed by atoms with Crippen molar-refractivity contribution in [1.82, 2.24) is 29.5 Å². The normalized spacial score (nSPS) is 21.0. The molecule has 0 radical (unpaired) electrons. The third kappa shape index (κ3) is 4.15. The Morgan fingerprint density at radius 1 is 1.29 bits per heavy atom. The topological polar surface area (TPSA) is 114 Å². The molecular weight excluding hydrogens is 444 g/mol. The molecule has 4 aromatic rings. The van der Waals surface area contributed by atoms with Gasteiger partial charge in [0.25, 0.3) is 6.43 Å². The predicted octanol–water partition coefficient (Wildman–Crippen LogP) is 4.06. The number of nitrogens with zero attached hydrogens (tertiary/aromatic N) is 5.